The molecule has 1 aromatic carbocycles. The van der Waals surface area contributed by atoms with Crippen LogP contribution in [-0.2, 0) is 17.4 Å². The Labute approximate surface area is 158 Å². The minimum Gasteiger partial charge on any atom is -0.330 e. The molecule has 1 amide bonds. The summed E-state index contributed by atoms with van der Waals surface area (Å²) >= 11 is 5.95. The van der Waals surface area contributed by atoms with E-state index in [1.165, 1.54) is 0 Å². The Morgan fingerprint density at radius 2 is 2.15 bits per heavy atom. The van der Waals surface area contributed by atoms with Crippen molar-refractivity contribution in [2.75, 3.05) is 6.54 Å². The molecule has 2 N–H and O–H groups in total. The second kappa shape index (κ2) is 6.49. The van der Waals surface area contributed by atoms with Crippen LogP contribution in [0.4, 0.5) is 13.2 Å². The molecular weight excluding hydrogens is 383 g/mol. The number of benzene rings is 1. The van der Waals surface area contributed by atoms with Crippen LogP contribution in [0.3, 0.4) is 0 Å². The van der Waals surface area contributed by atoms with Gasteiger partial charge in [-0.15, -0.1) is 10.2 Å². The number of hydrogen-bond acceptors (Lipinski definition) is 4. The third kappa shape index (κ3) is 3.29. The van der Waals surface area contributed by atoms with E-state index in [1.54, 1.807) is 17.0 Å². The molecule has 3 atom stereocenters. The van der Waals surface area contributed by atoms with Gasteiger partial charge in [0, 0.05) is 24.0 Å². The maximum absolute atomic E-state index is 13.0. The molecule has 2 aliphatic rings. The maximum atomic E-state index is 13.0. The lowest BCUT2D eigenvalue weighted by Gasteiger charge is -2.28. The summed E-state index contributed by atoms with van der Waals surface area (Å²) in [5.74, 6) is -0.968. The van der Waals surface area contributed by atoms with E-state index in [0.717, 1.165) is 10.1 Å². The second-order valence-corrected chi connectivity index (χ2v) is 7.44. The van der Waals surface area contributed by atoms with Crippen LogP contribution in [-0.4, -0.2) is 38.2 Å². The predicted octanol–water partition coefficient (Wildman–Crippen LogP) is 2.74. The average Bonchev–Trinajstić information content (AvgIpc) is 3.25. The van der Waals surface area contributed by atoms with E-state index in [9.17, 15) is 18.0 Å². The number of amides is 1. The van der Waals surface area contributed by atoms with Crippen LogP contribution >= 0.6 is 11.6 Å². The van der Waals surface area contributed by atoms with Gasteiger partial charge in [-0.2, -0.15) is 13.2 Å². The summed E-state index contributed by atoms with van der Waals surface area (Å²) in [5, 5.41) is 7.57. The Morgan fingerprint density at radius 1 is 1.37 bits per heavy atom. The van der Waals surface area contributed by atoms with Crippen LogP contribution in [0.1, 0.15) is 42.1 Å². The molecule has 0 spiro atoms. The Bertz CT molecular complexity index is 884. The number of likely N-dealkylation sites (tertiary alicyclic amines) is 1. The minimum absolute atomic E-state index is 0.107. The van der Waals surface area contributed by atoms with Crippen molar-refractivity contribution >= 4 is 17.5 Å². The van der Waals surface area contributed by atoms with Gasteiger partial charge in [0.15, 0.2) is 5.82 Å². The molecule has 2 aromatic rings. The molecule has 1 saturated heterocycles. The zero-order valence-corrected chi connectivity index (χ0v) is 14.9. The molecule has 3 heterocycles. The smallest absolute Gasteiger partial charge is 0.330 e. The van der Waals surface area contributed by atoms with Gasteiger partial charge >= 0.3 is 6.18 Å². The first-order chi connectivity index (χ1) is 12.7. The van der Waals surface area contributed by atoms with Crippen molar-refractivity contribution in [2.24, 2.45) is 5.73 Å². The first-order valence-electron chi connectivity index (χ1n) is 8.55. The largest absolute Gasteiger partial charge is 0.451 e. The fourth-order valence-corrected chi connectivity index (χ4v) is 4.20. The topological polar surface area (TPSA) is 77.0 Å². The molecular formula is C17H17ClF3N5O. The van der Waals surface area contributed by atoms with Crippen molar-refractivity contribution in [3.8, 4) is 0 Å². The summed E-state index contributed by atoms with van der Waals surface area (Å²) < 4.78 is 40.2. The van der Waals surface area contributed by atoms with Crippen LogP contribution in [0.15, 0.2) is 24.3 Å². The fraction of sp³-hybridized carbons (Fsp3) is 0.471. The van der Waals surface area contributed by atoms with Gasteiger partial charge in [-0.3, -0.25) is 4.79 Å². The molecule has 4 rings (SSSR count). The number of nitrogens with two attached hydrogens (primary N) is 1. The molecule has 0 unspecified atom stereocenters. The molecule has 2 bridgehead atoms. The molecule has 1 fully saturated rings. The predicted molar refractivity (Wildman–Crippen MR) is 90.9 cm³/mol. The average molecular weight is 400 g/mol. The first-order valence-corrected chi connectivity index (χ1v) is 8.93. The van der Waals surface area contributed by atoms with Gasteiger partial charge in [0.25, 0.3) is 0 Å². The number of aromatic nitrogens is 3. The Kier molecular flexibility index (Phi) is 4.38. The Morgan fingerprint density at radius 3 is 2.85 bits per heavy atom. The van der Waals surface area contributed by atoms with E-state index in [0.29, 0.717) is 17.9 Å². The number of carbonyl (C=O) groups is 1. The number of nitrogens with zero attached hydrogens (tertiary/aromatic N) is 4. The zero-order valence-electron chi connectivity index (χ0n) is 14.2. The van der Waals surface area contributed by atoms with Gasteiger partial charge in [-0.1, -0.05) is 23.7 Å². The molecule has 0 aliphatic carbocycles. The highest BCUT2D eigenvalue weighted by Crippen LogP contribution is 2.47. The highest BCUT2D eigenvalue weighted by atomic mass is 35.5. The number of halogens is 4. The summed E-state index contributed by atoms with van der Waals surface area (Å²) in [6, 6.07) is 5.94. The van der Waals surface area contributed by atoms with Crippen molar-refractivity contribution in [1.29, 1.82) is 0 Å². The number of fused-ring (bicyclic) bond motifs is 5. The first kappa shape index (κ1) is 18.2. The normalized spacial score (nSPS) is 22.2. The summed E-state index contributed by atoms with van der Waals surface area (Å²) in [6.07, 6.45) is -3.52. The van der Waals surface area contributed by atoms with E-state index in [2.05, 4.69) is 10.2 Å². The minimum atomic E-state index is -4.55. The van der Waals surface area contributed by atoms with E-state index in [1.807, 2.05) is 12.1 Å². The molecule has 27 heavy (non-hydrogen) atoms. The molecule has 144 valence electrons. The van der Waals surface area contributed by atoms with Crippen LogP contribution in [0.25, 0.3) is 0 Å². The van der Waals surface area contributed by atoms with Crippen molar-refractivity contribution in [3.05, 3.63) is 46.5 Å². The summed E-state index contributed by atoms with van der Waals surface area (Å²) in [5.41, 5.74) is 7.04. The van der Waals surface area contributed by atoms with Crippen molar-refractivity contribution < 1.29 is 18.0 Å². The van der Waals surface area contributed by atoms with Crippen molar-refractivity contribution in [2.45, 2.75) is 43.6 Å². The fourth-order valence-electron chi connectivity index (χ4n) is 3.99. The van der Waals surface area contributed by atoms with Gasteiger partial charge in [-0.25, -0.2) is 0 Å². The third-order valence-corrected chi connectivity index (χ3v) is 5.30. The SMILES string of the molecule is N[C@@H](CC(=O)N1C[C@@H]2C[C@H]1c1nnc(C(F)(F)F)n12)Cc1cccc(Cl)c1. The second-order valence-electron chi connectivity index (χ2n) is 7.00. The number of rotatable bonds is 4. The van der Waals surface area contributed by atoms with Crippen LogP contribution in [0.2, 0.25) is 5.02 Å². The summed E-state index contributed by atoms with van der Waals surface area (Å²) in [7, 11) is 0. The highest BCUT2D eigenvalue weighted by Gasteiger charge is 2.51. The molecule has 10 heteroatoms. The monoisotopic (exact) mass is 399 g/mol. The summed E-state index contributed by atoms with van der Waals surface area (Å²) in [6.45, 7) is 0.224. The van der Waals surface area contributed by atoms with Crippen LogP contribution in [0.5, 0.6) is 0 Å². The third-order valence-electron chi connectivity index (χ3n) is 5.06. The Hall–Kier alpha value is -2.13. The van der Waals surface area contributed by atoms with Gasteiger partial charge in [0.1, 0.15) is 0 Å². The summed E-state index contributed by atoms with van der Waals surface area (Å²) in [4.78, 5) is 14.2. The quantitative estimate of drug-likeness (QED) is 0.857. The van der Waals surface area contributed by atoms with E-state index in [-0.39, 0.29) is 24.7 Å². The van der Waals surface area contributed by atoms with Gasteiger partial charge in [0.2, 0.25) is 11.7 Å². The molecule has 6 nitrogen and oxygen atoms in total. The molecule has 1 aromatic heterocycles. The lowest BCUT2D eigenvalue weighted by atomic mass is 10.0. The highest BCUT2D eigenvalue weighted by molar-refractivity contribution is 6.30. The maximum Gasteiger partial charge on any atom is 0.451 e. The lowest BCUT2D eigenvalue weighted by molar-refractivity contribution is -0.148. The lowest BCUT2D eigenvalue weighted by Crippen LogP contribution is -2.39. The molecule has 0 radical (unpaired) electrons. The van der Waals surface area contributed by atoms with Crippen LogP contribution < -0.4 is 5.73 Å². The molecule has 0 saturated carbocycles. The van der Waals surface area contributed by atoms with Gasteiger partial charge in [-0.05, 0) is 30.5 Å². The zero-order chi connectivity index (χ0) is 19.3. The Balaban J connectivity index is 1.43. The standard InChI is InChI=1S/C17H17ClF3N5O/c18-10-3-1-2-9(4-10)5-11(22)6-14(27)25-8-12-7-13(25)15-23-24-16(26(12)15)17(19,20)21/h1-4,11-13H,5-8,22H2/t11-,12+,13+/m1/s1. The number of hydrogen-bond donors (Lipinski definition) is 1. The van der Waals surface area contributed by atoms with E-state index < -0.39 is 30.1 Å². The van der Waals surface area contributed by atoms with Gasteiger partial charge < -0.3 is 15.2 Å². The van der Waals surface area contributed by atoms with E-state index in [4.69, 9.17) is 17.3 Å². The van der Waals surface area contributed by atoms with Gasteiger partial charge in [0.05, 0.1) is 12.1 Å². The number of carbonyl (C=O) groups excluding carboxylic acids is 1. The van der Waals surface area contributed by atoms with E-state index >= 15 is 0 Å². The van der Waals surface area contributed by atoms with Crippen molar-refractivity contribution in [1.82, 2.24) is 19.7 Å². The van der Waals surface area contributed by atoms with Crippen LogP contribution in [0, 0.1) is 0 Å². The number of alkyl halides is 3. The molecule has 2 aliphatic heterocycles. The van der Waals surface area contributed by atoms with Crippen molar-refractivity contribution in [3.63, 3.8) is 0 Å².